The molecule has 3 aromatic carbocycles. The largest absolute Gasteiger partial charge is 0.573 e. The van der Waals surface area contributed by atoms with Crippen LogP contribution in [0.4, 0.5) is 29.3 Å². The minimum Gasteiger partial charge on any atom is -0.406 e. The van der Waals surface area contributed by atoms with Crippen LogP contribution in [0.5, 0.6) is 5.75 Å². The van der Waals surface area contributed by atoms with Gasteiger partial charge in [0.25, 0.3) is 0 Å². The van der Waals surface area contributed by atoms with Gasteiger partial charge in [-0.3, -0.25) is 9.69 Å². The third-order valence-electron chi connectivity index (χ3n) is 6.44. The Morgan fingerprint density at radius 2 is 1.80 bits per heavy atom. The zero-order chi connectivity index (χ0) is 31.4. The number of hydrogen-bond acceptors (Lipinski definition) is 6. The highest BCUT2D eigenvalue weighted by atomic mass is 32.2. The van der Waals surface area contributed by atoms with Crippen LogP contribution in [-0.2, 0) is 4.79 Å². The molecule has 0 aliphatic carbocycles. The van der Waals surface area contributed by atoms with Crippen LogP contribution in [0.2, 0.25) is 0 Å². The molecule has 13 heteroatoms. The van der Waals surface area contributed by atoms with E-state index in [2.05, 4.69) is 39.0 Å². The first-order chi connectivity index (χ1) is 20.9. The minimum atomic E-state index is -4.76. The van der Waals surface area contributed by atoms with Crippen LogP contribution in [0.3, 0.4) is 0 Å². The highest BCUT2D eigenvalue weighted by Gasteiger charge is 2.33. The fourth-order valence-electron chi connectivity index (χ4n) is 4.38. The Hall–Kier alpha value is -4.91. The van der Waals surface area contributed by atoms with Crippen molar-refractivity contribution < 1.29 is 27.5 Å². The standard InChI is InChI=1S/C31H27F3N6O3S/c1-19(2)25-14-4-20(3)16-26(25)40-28(41)17-44-30(40)37-29(42)36-22-8-5-21(6-9-22)7-15-27-35-18-39(38-27)23-10-12-24(13-11-23)43-31(32,33)34/h4-16,18-19H,17H2,1-3H3,(H,36,42)/b15-7+,37-30-. The summed E-state index contributed by atoms with van der Waals surface area (Å²) in [7, 11) is 0. The SMILES string of the molecule is Cc1ccc(C(C)C)c(N2C(=O)CS/C2=N\C(=O)Nc2ccc(/C=C/c3ncn(-c4ccc(OC(F)(F)F)cc4)n3)cc2)c1. The molecule has 5 rings (SSSR count). The van der Waals surface area contributed by atoms with Crippen molar-refractivity contribution in [2.75, 3.05) is 16.0 Å². The van der Waals surface area contributed by atoms with Gasteiger partial charge in [-0.15, -0.1) is 18.3 Å². The quantitative estimate of drug-likeness (QED) is 0.231. The number of alkyl halides is 3. The number of amides is 3. The van der Waals surface area contributed by atoms with Gasteiger partial charge in [-0.1, -0.05) is 56.0 Å². The molecule has 2 heterocycles. The summed E-state index contributed by atoms with van der Waals surface area (Å²) in [4.78, 5) is 35.5. The number of urea groups is 1. The topological polar surface area (TPSA) is 102 Å². The molecule has 1 saturated heterocycles. The first kappa shape index (κ1) is 30.5. The maximum Gasteiger partial charge on any atom is 0.573 e. The average molecular weight is 621 g/mol. The van der Waals surface area contributed by atoms with Crippen molar-refractivity contribution in [1.82, 2.24) is 14.8 Å². The number of carbonyl (C=O) groups is 2. The Labute approximate surface area is 255 Å². The van der Waals surface area contributed by atoms with Gasteiger partial charge in [-0.25, -0.2) is 14.5 Å². The van der Waals surface area contributed by atoms with E-state index in [1.54, 1.807) is 36.4 Å². The van der Waals surface area contributed by atoms with Crippen molar-refractivity contribution in [3.8, 4) is 11.4 Å². The summed E-state index contributed by atoms with van der Waals surface area (Å²) >= 11 is 1.22. The first-order valence-corrected chi connectivity index (χ1v) is 14.5. The van der Waals surface area contributed by atoms with Crippen molar-refractivity contribution in [1.29, 1.82) is 0 Å². The summed E-state index contributed by atoms with van der Waals surface area (Å²) in [6.07, 6.45) is 0.137. The van der Waals surface area contributed by atoms with Crippen molar-refractivity contribution in [2.45, 2.75) is 33.1 Å². The van der Waals surface area contributed by atoms with Crippen molar-refractivity contribution in [3.63, 3.8) is 0 Å². The van der Waals surface area contributed by atoms with Gasteiger partial charge in [-0.2, -0.15) is 4.99 Å². The Balaban J connectivity index is 1.22. The molecule has 0 unspecified atom stereocenters. The molecule has 1 N–H and O–H groups in total. The monoisotopic (exact) mass is 620 g/mol. The van der Waals surface area contributed by atoms with E-state index < -0.39 is 12.4 Å². The van der Waals surface area contributed by atoms with Gasteiger partial charge in [0, 0.05) is 5.69 Å². The summed E-state index contributed by atoms with van der Waals surface area (Å²) in [5.41, 5.74) is 4.59. The number of nitrogens with one attached hydrogen (secondary N) is 1. The summed E-state index contributed by atoms with van der Waals surface area (Å²) in [5, 5.41) is 7.39. The molecule has 1 fully saturated rings. The fraction of sp³-hybridized carbons (Fsp3) is 0.194. The lowest BCUT2D eigenvalue weighted by molar-refractivity contribution is -0.274. The molecule has 1 aliphatic heterocycles. The lowest BCUT2D eigenvalue weighted by Crippen LogP contribution is -2.31. The third kappa shape index (κ3) is 7.53. The zero-order valence-corrected chi connectivity index (χ0v) is 24.7. The number of ether oxygens (including phenoxy) is 1. The third-order valence-corrected chi connectivity index (χ3v) is 7.37. The number of amidine groups is 1. The number of hydrogen-bond donors (Lipinski definition) is 1. The van der Waals surface area contributed by atoms with Gasteiger partial charge in [-0.05, 0) is 78.1 Å². The molecule has 3 amide bonds. The van der Waals surface area contributed by atoms with Crippen LogP contribution in [0.25, 0.3) is 17.8 Å². The average Bonchev–Trinajstić information content (AvgIpc) is 3.58. The molecule has 0 saturated carbocycles. The predicted molar refractivity (Wildman–Crippen MR) is 165 cm³/mol. The highest BCUT2D eigenvalue weighted by molar-refractivity contribution is 8.15. The van der Waals surface area contributed by atoms with Crippen LogP contribution in [0.1, 0.15) is 42.3 Å². The predicted octanol–water partition coefficient (Wildman–Crippen LogP) is 7.44. The van der Waals surface area contributed by atoms with Crippen molar-refractivity contribution >= 4 is 52.4 Å². The smallest absolute Gasteiger partial charge is 0.406 e. The molecule has 0 spiro atoms. The van der Waals surface area contributed by atoms with Gasteiger partial charge in [0.05, 0.1) is 17.1 Å². The molecule has 44 heavy (non-hydrogen) atoms. The molecule has 0 radical (unpaired) electrons. The second kappa shape index (κ2) is 12.8. The summed E-state index contributed by atoms with van der Waals surface area (Å²) < 4.78 is 42.4. The Bertz CT molecular complexity index is 1730. The molecule has 0 atom stereocenters. The van der Waals surface area contributed by atoms with Crippen LogP contribution < -0.4 is 15.0 Å². The fourth-order valence-corrected chi connectivity index (χ4v) is 5.24. The molecule has 1 aromatic heterocycles. The number of thioether (sulfide) groups is 1. The first-order valence-electron chi connectivity index (χ1n) is 13.5. The number of nitrogens with zero attached hydrogens (tertiary/aromatic N) is 5. The number of aryl methyl sites for hydroxylation is 1. The number of rotatable bonds is 7. The van der Waals surface area contributed by atoms with E-state index >= 15 is 0 Å². The van der Waals surface area contributed by atoms with Crippen LogP contribution in [0, 0.1) is 6.92 Å². The number of aromatic nitrogens is 3. The number of benzene rings is 3. The lowest BCUT2D eigenvalue weighted by Gasteiger charge is -2.22. The molecule has 226 valence electrons. The second-order valence-electron chi connectivity index (χ2n) is 10.1. The molecule has 0 bridgehead atoms. The van der Waals surface area contributed by atoms with E-state index in [0.29, 0.717) is 22.4 Å². The van der Waals surface area contributed by atoms with Crippen LogP contribution >= 0.6 is 11.8 Å². The zero-order valence-electron chi connectivity index (χ0n) is 23.9. The number of halogens is 3. The van der Waals surface area contributed by atoms with Gasteiger partial charge >= 0.3 is 12.4 Å². The second-order valence-corrected chi connectivity index (χ2v) is 11.0. The number of anilines is 2. The summed E-state index contributed by atoms with van der Waals surface area (Å²) in [5.74, 6) is 0.315. The molecule has 4 aromatic rings. The van der Waals surface area contributed by atoms with E-state index in [1.807, 2.05) is 25.1 Å². The van der Waals surface area contributed by atoms with Gasteiger partial charge in [0.15, 0.2) is 11.0 Å². The van der Waals surface area contributed by atoms with Gasteiger partial charge in [0.1, 0.15) is 12.1 Å². The molecule has 1 aliphatic rings. The van der Waals surface area contributed by atoms with Gasteiger partial charge in [0.2, 0.25) is 5.91 Å². The Morgan fingerprint density at radius 3 is 2.48 bits per heavy atom. The van der Waals surface area contributed by atoms with Crippen molar-refractivity contribution in [3.05, 3.63) is 95.6 Å². The van der Waals surface area contributed by atoms with E-state index in [9.17, 15) is 22.8 Å². The number of carbonyl (C=O) groups excluding carboxylic acids is 2. The summed E-state index contributed by atoms with van der Waals surface area (Å²) in [6, 6.07) is 17.6. The maximum absolute atomic E-state index is 12.8. The number of aliphatic imine (C=N–C) groups is 1. The van der Waals surface area contributed by atoms with Crippen LogP contribution in [-0.4, -0.2) is 44.0 Å². The lowest BCUT2D eigenvalue weighted by atomic mass is 9.99. The molecular weight excluding hydrogens is 593 g/mol. The van der Waals surface area contributed by atoms with Crippen molar-refractivity contribution in [2.24, 2.45) is 4.99 Å². The van der Waals surface area contributed by atoms with E-state index in [0.717, 1.165) is 22.4 Å². The van der Waals surface area contributed by atoms with Crippen LogP contribution in [0.15, 0.2) is 78.0 Å². The van der Waals surface area contributed by atoms with E-state index in [4.69, 9.17) is 0 Å². The maximum atomic E-state index is 12.8. The van der Waals surface area contributed by atoms with E-state index in [1.165, 1.54) is 51.9 Å². The summed E-state index contributed by atoms with van der Waals surface area (Å²) in [6.45, 7) is 6.06. The Kier molecular flexibility index (Phi) is 8.86. The minimum absolute atomic E-state index is 0.127. The molecule has 9 nitrogen and oxygen atoms in total. The van der Waals surface area contributed by atoms with Gasteiger partial charge < -0.3 is 10.1 Å². The van der Waals surface area contributed by atoms with E-state index in [-0.39, 0.29) is 23.3 Å². The Morgan fingerprint density at radius 1 is 1.07 bits per heavy atom. The normalized spacial score (nSPS) is 14.7. The molecular formula is C31H27F3N6O3S. The highest BCUT2D eigenvalue weighted by Crippen LogP contribution is 2.34.